The van der Waals surface area contributed by atoms with Gasteiger partial charge in [-0.15, -0.1) is 0 Å². The molecule has 1 N–H and O–H groups in total. The summed E-state index contributed by atoms with van der Waals surface area (Å²) in [6, 6.07) is 6.04. The summed E-state index contributed by atoms with van der Waals surface area (Å²) >= 11 is 0. The van der Waals surface area contributed by atoms with Gasteiger partial charge < -0.3 is 10.0 Å². The fourth-order valence-corrected chi connectivity index (χ4v) is 1.71. The second-order valence-corrected chi connectivity index (χ2v) is 4.20. The maximum Gasteiger partial charge on any atom is 0.310 e. The normalized spacial score (nSPS) is 12.2. The van der Waals surface area contributed by atoms with Crippen molar-refractivity contribution in [2.45, 2.75) is 26.2 Å². The van der Waals surface area contributed by atoms with Crippen LogP contribution in [0.15, 0.2) is 18.2 Å². The molecule has 16 heavy (non-hydrogen) atoms. The average Bonchev–Trinajstić information content (AvgIpc) is 2.26. The Balaban J connectivity index is 3.25. The monoisotopic (exact) mass is 221 g/mol. The van der Waals surface area contributed by atoms with Crippen LogP contribution in [0.5, 0.6) is 0 Å². The molecule has 1 atom stereocenters. The van der Waals surface area contributed by atoms with E-state index in [0.717, 1.165) is 17.7 Å². The first kappa shape index (κ1) is 12.6. The van der Waals surface area contributed by atoms with Gasteiger partial charge in [-0.1, -0.05) is 19.1 Å². The largest absolute Gasteiger partial charge is 0.481 e. The van der Waals surface area contributed by atoms with E-state index in [9.17, 15) is 4.79 Å². The van der Waals surface area contributed by atoms with Crippen LogP contribution in [0.2, 0.25) is 0 Å². The summed E-state index contributed by atoms with van der Waals surface area (Å²) in [4.78, 5) is 13.0. The van der Waals surface area contributed by atoms with Crippen LogP contribution in [-0.2, 0) is 11.2 Å². The summed E-state index contributed by atoms with van der Waals surface area (Å²) in [6.45, 7) is 3.80. The number of hydrogen-bond acceptors (Lipinski definition) is 2. The molecule has 88 valence electrons. The van der Waals surface area contributed by atoms with Gasteiger partial charge in [0.05, 0.1) is 5.92 Å². The molecule has 0 aromatic heterocycles. The minimum absolute atomic E-state index is 0.469. The number of anilines is 1. The molecule has 0 fully saturated rings. The number of carboxylic acids is 1. The second-order valence-electron chi connectivity index (χ2n) is 4.20. The number of carboxylic acid groups (broad SMARTS) is 1. The van der Waals surface area contributed by atoms with Gasteiger partial charge in [0.25, 0.3) is 0 Å². The molecule has 0 saturated heterocycles. The SMILES string of the molecule is CCc1ccc(N(C)C)c(C(C)C(=O)O)c1. The van der Waals surface area contributed by atoms with Crippen LogP contribution in [-0.4, -0.2) is 25.2 Å². The molecule has 0 spiro atoms. The Hall–Kier alpha value is -1.51. The molecule has 3 nitrogen and oxygen atoms in total. The molecule has 1 unspecified atom stereocenters. The highest BCUT2D eigenvalue weighted by molar-refractivity contribution is 5.78. The highest BCUT2D eigenvalue weighted by Gasteiger charge is 2.18. The predicted octanol–water partition coefficient (Wildman–Crippen LogP) is 2.50. The number of benzene rings is 1. The first-order valence-electron chi connectivity index (χ1n) is 5.50. The molecule has 0 radical (unpaired) electrons. The van der Waals surface area contributed by atoms with Crippen molar-refractivity contribution in [3.05, 3.63) is 29.3 Å². The minimum atomic E-state index is -0.781. The van der Waals surface area contributed by atoms with E-state index < -0.39 is 11.9 Å². The van der Waals surface area contributed by atoms with Crippen molar-refractivity contribution >= 4 is 11.7 Å². The van der Waals surface area contributed by atoms with Gasteiger partial charge >= 0.3 is 5.97 Å². The Morgan fingerprint density at radius 3 is 2.50 bits per heavy atom. The Labute approximate surface area is 96.7 Å². The molecule has 0 amide bonds. The van der Waals surface area contributed by atoms with Crippen molar-refractivity contribution in [1.29, 1.82) is 0 Å². The van der Waals surface area contributed by atoms with E-state index >= 15 is 0 Å². The first-order valence-corrected chi connectivity index (χ1v) is 5.50. The quantitative estimate of drug-likeness (QED) is 0.849. The minimum Gasteiger partial charge on any atom is -0.481 e. The third-order valence-electron chi connectivity index (χ3n) is 2.82. The van der Waals surface area contributed by atoms with Crippen molar-refractivity contribution in [2.24, 2.45) is 0 Å². The van der Waals surface area contributed by atoms with Crippen LogP contribution < -0.4 is 4.90 Å². The van der Waals surface area contributed by atoms with Gasteiger partial charge in [-0.25, -0.2) is 0 Å². The summed E-state index contributed by atoms with van der Waals surface area (Å²) in [5.41, 5.74) is 3.04. The Morgan fingerprint density at radius 1 is 1.44 bits per heavy atom. The van der Waals surface area contributed by atoms with Gasteiger partial charge in [0.1, 0.15) is 0 Å². The van der Waals surface area contributed by atoms with Crippen LogP contribution in [0.25, 0.3) is 0 Å². The van der Waals surface area contributed by atoms with Gasteiger partial charge in [-0.2, -0.15) is 0 Å². The predicted molar refractivity (Wildman–Crippen MR) is 66.2 cm³/mol. The fraction of sp³-hybridized carbons (Fsp3) is 0.462. The van der Waals surface area contributed by atoms with Crippen LogP contribution in [0, 0.1) is 0 Å². The number of aliphatic carboxylic acids is 1. The molecule has 0 saturated carbocycles. The number of aryl methyl sites for hydroxylation is 1. The van der Waals surface area contributed by atoms with Gasteiger partial charge in [0.15, 0.2) is 0 Å². The molecule has 0 aliphatic heterocycles. The van der Waals surface area contributed by atoms with Gasteiger partial charge in [0, 0.05) is 19.8 Å². The summed E-state index contributed by atoms with van der Waals surface area (Å²) in [6.07, 6.45) is 0.924. The van der Waals surface area contributed by atoms with Crippen molar-refractivity contribution in [3.8, 4) is 0 Å². The van der Waals surface area contributed by atoms with Gasteiger partial charge in [-0.05, 0) is 30.5 Å². The molecule has 0 aliphatic rings. The lowest BCUT2D eigenvalue weighted by molar-refractivity contribution is -0.138. The van der Waals surface area contributed by atoms with E-state index in [1.165, 1.54) is 5.56 Å². The molecular weight excluding hydrogens is 202 g/mol. The molecule has 0 aliphatic carbocycles. The lowest BCUT2D eigenvalue weighted by atomic mass is 9.96. The Bertz CT molecular complexity index is 386. The topological polar surface area (TPSA) is 40.5 Å². The average molecular weight is 221 g/mol. The maximum atomic E-state index is 11.1. The van der Waals surface area contributed by atoms with Crippen molar-refractivity contribution in [1.82, 2.24) is 0 Å². The molecule has 3 heteroatoms. The molecule has 1 aromatic carbocycles. The summed E-state index contributed by atoms with van der Waals surface area (Å²) in [7, 11) is 3.86. The third kappa shape index (κ3) is 2.54. The maximum absolute atomic E-state index is 11.1. The summed E-state index contributed by atoms with van der Waals surface area (Å²) in [5, 5.41) is 9.09. The molecule has 0 heterocycles. The van der Waals surface area contributed by atoms with Crippen LogP contribution >= 0.6 is 0 Å². The number of nitrogens with zero attached hydrogens (tertiary/aromatic N) is 1. The van der Waals surface area contributed by atoms with Crippen molar-refractivity contribution in [2.75, 3.05) is 19.0 Å². The molecule has 0 bridgehead atoms. The van der Waals surface area contributed by atoms with Crippen molar-refractivity contribution in [3.63, 3.8) is 0 Å². The third-order valence-corrected chi connectivity index (χ3v) is 2.82. The van der Waals surface area contributed by atoms with E-state index in [2.05, 4.69) is 6.92 Å². The van der Waals surface area contributed by atoms with Crippen LogP contribution in [0.3, 0.4) is 0 Å². The van der Waals surface area contributed by atoms with Crippen LogP contribution in [0.4, 0.5) is 5.69 Å². The van der Waals surface area contributed by atoms with E-state index in [4.69, 9.17) is 5.11 Å². The highest BCUT2D eigenvalue weighted by atomic mass is 16.4. The Kier molecular flexibility index (Phi) is 3.93. The molecule has 1 rings (SSSR count). The van der Waals surface area contributed by atoms with Gasteiger partial charge in [0.2, 0.25) is 0 Å². The summed E-state index contributed by atoms with van der Waals surface area (Å²) < 4.78 is 0. The number of hydrogen-bond donors (Lipinski definition) is 1. The van der Waals surface area contributed by atoms with Crippen LogP contribution in [0.1, 0.15) is 30.9 Å². The lowest BCUT2D eigenvalue weighted by Gasteiger charge is -2.20. The second kappa shape index (κ2) is 5.01. The molecule has 1 aromatic rings. The van der Waals surface area contributed by atoms with Gasteiger partial charge in [-0.3, -0.25) is 4.79 Å². The van der Waals surface area contributed by atoms with E-state index in [1.54, 1.807) is 6.92 Å². The first-order chi connectivity index (χ1) is 7.47. The zero-order chi connectivity index (χ0) is 12.3. The smallest absolute Gasteiger partial charge is 0.310 e. The van der Waals surface area contributed by atoms with E-state index in [0.29, 0.717) is 0 Å². The number of carbonyl (C=O) groups is 1. The van der Waals surface area contributed by atoms with E-state index in [1.807, 2.05) is 37.2 Å². The zero-order valence-corrected chi connectivity index (χ0v) is 10.3. The van der Waals surface area contributed by atoms with E-state index in [-0.39, 0.29) is 0 Å². The standard InChI is InChI=1S/C13H19NO2/c1-5-10-6-7-12(14(3)4)11(8-10)9(2)13(15)16/h6-9H,5H2,1-4H3,(H,15,16). The van der Waals surface area contributed by atoms with Crippen molar-refractivity contribution < 1.29 is 9.90 Å². The highest BCUT2D eigenvalue weighted by Crippen LogP contribution is 2.28. The Morgan fingerprint density at radius 2 is 2.06 bits per heavy atom. The fourth-order valence-electron chi connectivity index (χ4n) is 1.71. The molecular formula is C13H19NO2. The summed E-state index contributed by atoms with van der Waals surface area (Å²) in [5.74, 6) is -1.25. The lowest BCUT2D eigenvalue weighted by Crippen LogP contribution is -2.16. The number of rotatable bonds is 4. The zero-order valence-electron chi connectivity index (χ0n) is 10.3.